The second-order valence-corrected chi connectivity index (χ2v) is 4.05. The number of non-ortho nitro benzene ring substituents is 1. The summed E-state index contributed by atoms with van der Waals surface area (Å²) in [7, 11) is 0. The van der Waals surface area contributed by atoms with Crippen molar-refractivity contribution in [1.29, 1.82) is 0 Å². The first-order valence-electron chi connectivity index (χ1n) is 5.62. The van der Waals surface area contributed by atoms with E-state index >= 15 is 0 Å². The second-order valence-electron chi connectivity index (χ2n) is 4.05. The highest BCUT2D eigenvalue weighted by molar-refractivity contribution is 5.95. The van der Waals surface area contributed by atoms with Gasteiger partial charge in [0.15, 0.2) is 11.6 Å². The number of nitrogens with one attached hydrogen (secondary N) is 1. The predicted molar refractivity (Wildman–Crippen MR) is 69.7 cm³/mol. The van der Waals surface area contributed by atoms with Crippen LogP contribution < -0.4 is 5.32 Å². The van der Waals surface area contributed by atoms with Crippen molar-refractivity contribution in [2.75, 3.05) is 5.32 Å². The third-order valence-corrected chi connectivity index (χ3v) is 2.64. The van der Waals surface area contributed by atoms with Gasteiger partial charge < -0.3 is 10.4 Å². The molecular weight excluding hydrogens is 286 g/mol. The zero-order valence-electron chi connectivity index (χ0n) is 10.3. The van der Waals surface area contributed by atoms with E-state index in [9.17, 15) is 23.7 Å². The summed E-state index contributed by atoms with van der Waals surface area (Å²) in [6.45, 7) is 0. The molecule has 2 rings (SSSR count). The minimum absolute atomic E-state index is 0.0666. The molecule has 2 N–H and O–H groups in total. The highest BCUT2D eigenvalue weighted by Gasteiger charge is 2.16. The fourth-order valence-corrected chi connectivity index (χ4v) is 1.67. The number of nitro groups is 1. The number of anilines is 2. The number of aromatic carboxylic acids is 1. The van der Waals surface area contributed by atoms with Crippen molar-refractivity contribution in [1.82, 2.24) is 0 Å². The molecule has 0 radical (unpaired) electrons. The molecular formula is C13H8F2N2O4. The summed E-state index contributed by atoms with van der Waals surface area (Å²) in [6.07, 6.45) is 0. The maximum atomic E-state index is 13.1. The maximum absolute atomic E-state index is 13.1. The molecule has 0 atom stereocenters. The maximum Gasteiger partial charge on any atom is 0.337 e. The summed E-state index contributed by atoms with van der Waals surface area (Å²) in [4.78, 5) is 21.1. The quantitative estimate of drug-likeness (QED) is 0.666. The van der Waals surface area contributed by atoms with Gasteiger partial charge in [-0.05, 0) is 18.2 Å². The molecule has 0 aromatic heterocycles. The molecule has 2 aromatic rings. The van der Waals surface area contributed by atoms with Crippen LogP contribution >= 0.6 is 0 Å². The van der Waals surface area contributed by atoms with E-state index in [0.29, 0.717) is 0 Å². The van der Waals surface area contributed by atoms with E-state index < -0.39 is 22.5 Å². The van der Waals surface area contributed by atoms with Gasteiger partial charge in [-0.15, -0.1) is 0 Å². The monoisotopic (exact) mass is 294 g/mol. The SMILES string of the molecule is O=C(O)c1ccc([N+](=O)[O-])cc1Nc1ccc(F)c(F)c1. The van der Waals surface area contributed by atoms with Crippen molar-refractivity contribution >= 4 is 23.0 Å². The molecule has 0 heterocycles. The van der Waals surface area contributed by atoms with Crippen molar-refractivity contribution in [2.24, 2.45) is 0 Å². The van der Waals surface area contributed by atoms with E-state index in [4.69, 9.17) is 5.11 Å². The standard InChI is InChI=1S/C13H8F2N2O4/c14-10-4-1-7(5-11(10)15)16-12-6-8(17(20)21)2-3-9(12)13(18)19/h1-6,16H,(H,18,19). The normalized spacial score (nSPS) is 10.2. The van der Waals surface area contributed by atoms with Crippen LogP contribution in [0.25, 0.3) is 0 Å². The van der Waals surface area contributed by atoms with Crippen molar-refractivity contribution in [2.45, 2.75) is 0 Å². The lowest BCUT2D eigenvalue weighted by Crippen LogP contribution is -2.04. The summed E-state index contributed by atoms with van der Waals surface area (Å²) < 4.78 is 25.9. The van der Waals surface area contributed by atoms with Crippen molar-refractivity contribution in [3.63, 3.8) is 0 Å². The number of hydrogen-bond donors (Lipinski definition) is 2. The molecule has 0 aliphatic heterocycles. The van der Waals surface area contributed by atoms with E-state index in [0.717, 1.165) is 30.3 Å². The Kier molecular flexibility index (Phi) is 3.79. The summed E-state index contributed by atoms with van der Waals surface area (Å²) in [5, 5.41) is 22.3. The lowest BCUT2D eigenvalue weighted by atomic mass is 10.1. The van der Waals surface area contributed by atoms with Crippen LogP contribution in [-0.4, -0.2) is 16.0 Å². The highest BCUT2D eigenvalue weighted by Crippen LogP contribution is 2.26. The van der Waals surface area contributed by atoms with E-state index in [1.165, 1.54) is 6.07 Å². The zero-order chi connectivity index (χ0) is 15.6. The fraction of sp³-hybridized carbons (Fsp3) is 0. The van der Waals surface area contributed by atoms with Crippen LogP contribution in [0.2, 0.25) is 0 Å². The van der Waals surface area contributed by atoms with Crippen molar-refractivity contribution < 1.29 is 23.6 Å². The largest absolute Gasteiger partial charge is 0.478 e. The minimum atomic E-state index is -1.31. The van der Waals surface area contributed by atoms with E-state index in [1.54, 1.807) is 0 Å². The Morgan fingerprint density at radius 1 is 1.14 bits per heavy atom. The molecule has 0 fully saturated rings. The molecule has 0 spiro atoms. The zero-order valence-corrected chi connectivity index (χ0v) is 10.3. The molecule has 0 aliphatic rings. The van der Waals surface area contributed by atoms with Crippen LogP contribution in [0.3, 0.4) is 0 Å². The first-order valence-corrected chi connectivity index (χ1v) is 5.62. The molecule has 0 unspecified atom stereocenters. The summed E-state index contributed by atoms with van der Waals surface area (Å²) >= 11 is 0. The first kappa shape index (κ1) is 14.4. The summed E-state index contributed by atoms with van der Waals surface area (Å²) in [5.41, 5.74) is -0.588. The molecule has 6 nitrogen and oxygen atoms in total. The number of halogens is 2. The molecule has 21 heavy (non-hydrogen) atoms. The molecule has 2 aromatic carbocycles. The number of hydrogen-bond acceptors (Lipinski definition) is 4. The Morgan fingerprint density at radius 3 is 2.43 bits per heavy atom. The Hall–Kier alpha value is -3.03. The van der Waals surface area contributed by atoms with Gasteiger partial charge in [-0.1, -0.05) is 0 Å². The predicted octanol–water partition coefficient (Wildman–Crippen LogP) is 3.31. The second kappa shape index (κ2) is 5.53. The van der Waals surface area contributed by atoms with E-state index in [2.05, 4.69) is 5.32 Å². The van der Waals surface area contributed by atoms with E-state index in [-0.39, 0.29) is 22.6 Å². The van der Waals surface area contributed by atoms with E-state index in [1.807, 2.05) is 0 Å². The van der Waals surface area contributed by atoms with Gasteiger partial charge in [0.2, 0.25) is 0 Å². The van der Waals surface area contributed by atoms with Gasteiger partial charge in [-0.2, -0.15) is 0 Å². The van der Waals surface area contributed by atoms with Gasteiger partial charge in [0, 0.05) is 23.9 Å². The molecule has 0 bridgehead atoms. The smallest absolute Gasteiger partial charge is 0.337 e. The molecule has 0 amide bonds. The van der Waals surface area contributed by atoms with Crippen molar-refractivity contribution in [3.05, 3.63) is 63.7 Å². The number of carboxylic acids is 1. The number of rotatable bonds is 4. The molecule has 0 saturated carbocycles. The topological polar surface area (TPSA) is 92.5 Å². The Bertz CT molecular complexity index is 734. The van der Waals surface area contributed by atoms with Gasteiger partial charge in [-0.3, -0.25) is 10.1 Å². The van der Waals surface area contributed by atoms with Crippen LogP contribution in [-0.2, 0) is 0 Å². The average molecular weight is 294 g/mol. The fourth-order valence-electron chi connectivity index (χ4n) is 1.67. The molecule has 0 saturated heterocycles. The van der Waals surface area contributed by atoms with Crippen molar-refractivity contribution in [3.8, 4) is 0 Å². The third kappa shape index (κ3) is 3.11. The average Bonchev–Trinajstić information content (AvgIpc) is 2.42. The number of nitrogens with zero attached hydrogens (tertiary/aromatic N) is 1. The summed E-state index contributed by atoms with van der Waals surface area (Å²) in [5.74, 6) is -3.49. The number of benzene rings is 2. The van der Waals surface area contributed by atoms with Crippen LogP contribution in [0, 0.1) is 21.7 Å². The van der Waals surface area contributed by atoms with Gasteiger partial charge >= 0.3 is 5.97 Å². The van der Waals surface area contributed by atoms with Crippen LogP contribution in [0.15, 0.2) is 36.4 Å². The van der Waals surface area contributed by atoms with Gasteiger partial charge in [0.1, 0.15) is 0 Å². The van der Waals surface area contributed by atoms with Crippen LogP contribution in [0.1, 0.15) is 10.4 Å². The highest BCUT2D eigenvalue weighted by atomic mass is 19.2. The van der Waals surface area contributed by atoms with Crippen LogP contribution in [0.5, 0.6) is 0 Å². The van der Waals surface area contributed by atoms with Gasteiger partial charge in [-0.25, -0.2) is 13.6 Å². The molecule has 0 aliphatic carbocycles. The lowest BCUT2D eigenvalue weighted by molar-refractivity contribution is -0.384. The number of carbonyl (C=O) groups is 1. The number of nitro benzene ring substituents is 1. The Morgan fingerprint density at radius 2 is 1.86 bits per heavy atom. The minimum Gasteiger partial charge on any atom is -0.478 e. The van der Waals surface area contributed by atoms with Gasteiger partial charge in [0.05, 0.1) is 16.2 Å². The summed E-state index contributed by atoms with van der Waals surface area (Å²) in [6, 6.07) is 5.96. The van der Waals surface area contributed by atoms with Gasteiger partial charge in [0.25, 0.3) is 5.69 Å². The lowest BCUT2D eigenvalue weighted by Gasteiger charge is -2.09. The third-order valence-electron chi connectivity index (χ3n) is 2.64. The molecule has 108 valence electrons. The number of carboxylic acid groups (broad SMARTS) is 1. The first-order chi connectivity index (χ1) is 9.88. The Balaban J connectivity index is 2.45. The molecule has 8 heteroatoms. The Labute approximate surface area is 116 Å². The van der Waals surface area contributed by atoms with Crippen LogP contribution in [0.4, 0.5) is 25.8 Å².